The molecule has 2 spiro atoms. The lowest BCUT2D eigenvalue weighted by atomic mass is 9.26. The van der Waals surface area contributed by atoms with E-state index in [1.807, 2.05) is 11.8 Å². The van der Waals surface area contributed by atoms with Crippen LogP contribution in [0.15, 0.2) is 149 Å². The van der Waals surface area contributed by atoms with Gasteiger partial charge in [-0.05, 0) is 166 Å². The van der Waals surface area contributed by atoms with E-state index in [2.05, 4.69) is 172 Å². The summed E-state index contributed by atoms with van der Waals surface area (Å²) in [5.41, 5.74) is 16.1. The Hall–Kier alpha value is -4.53. The van der Waals surface area contributed by atoms with Crippen molar-refractivity contribution in [2.45, 2.75) is 92.3 Å². The van der Waals surface area contributed by atoms with Crippen LogP contribution in [-0.4, -0.2) is 0 Å². The number of benzene rings is 6. The molecule has 1 heterocycles. The van der Waals surface area contributed by atoms with Crippen LogP contribution in [0.2, 0.25) is 0 Å². The molecular weight excluding hydrogens is 695 g/mol. The zero-order valence-corrected chi connectivity index (χ0v) is 34.0. The highest BCUT2D eigenvalue weighted by Crippen LogP contribution is 2.89. The summed E-state index contributed by atoms with van der Waals surface area (Å²) in [7, 11) is 0. The number of fused-ring (bicyclic) bond motifs is 8. The van der Waals surface area contributed by atoms with Gasteiger partial charge in [0.1, 0.15) is 0 Å². The van der Waals surface area contributed by atoms with Crippen molar-refractivity contribution >= 4 is 28.8 Å². The average Bonchev–Trinajstić information content (AvgIpc) is 3.76. The van der Waals surface area contributed by atoms with Crippen LogP contribution in [0.4, 0.5) is 17.1 Å². The maximum atomic E-state index is 2.63. The van der Waals surface area contributed by atoms with Crippen LogP contribution < -0.4 is 4.90 Å². The lowest BCUT2D eigenvalue weighted by Crippen LogP contribution is -2.74. The summed E-state index contributed by atoms with van der Waals surface area (Å²) in [5, 5.41) is 0. The Morgan fingerprint density at radius 3 is 2.02 bits per heavy atom. The Kier molecular flexibility index (Phi) is 6.92. The van der Waals surface area contributed by atoms with Crippen LogP contribution in [0.25, 0.3) is 22.3 Å². The fourth-order valence-electron chi connectivity index (χ4n) is 13.7. The maximum Gasteiger partial charge on any atom is 0.0540 e. The van der Waals surface area contributed by atoms with Gasteiger partial charge in [-0.1, -0.05) is 130 Å². The number of anilines is 3. The first kappa shape index (κ1) is 33.6. The molecular formula is C54H51NS. The monoisotopic (exact) mass is 745 g/mol. The molecule has 6 aliphatic rings. The minimum Gasteiger partial charge on any atom is -0.310 e. The van der Waals surface area contributed by atoms with Crippen molar-refractivity contribution in [3.8, 4) is 22.3 Å². The van der Waals surface area contributed by atoms with Gasteiger partial charge in [0, 0.05) is 32.1 Å². The molecule has 0 amide bonds. The van der Waals surface area contributed by atoms with Crippen molar-refractivity contribution in [3.63, 3.8) is 0 Å². The Balaban J connectivity index is 0.976. The molecule has 2 heteroatoms. The van der Waals surface area contributed by atoms with Crippen LogP contribution in [0.5, 0.6) is 0 Å². The molecule has 0 aromatic heterocycles. The number of hydrogen-bond donors (Lipinski definition) is 0. The van der Waals surface area contributed by atoms with Gasteiger partial charge in [-0.2, -0.15) is 0 Å². The first-order valence-electron chi connectivity index (χ1n) is 21.3. The van der Waals surface area contributed by atoms with Crippen molar-refractivity contribution in [2.75, 3.05) is 4.90 Å². The zero-order valence-electron chi connectivity index (χ0n) is 33.2. The van der Waals surface area contributed by atoms with Crippen LogP contribution in [0.1, 0.15) is 88.5 Å². The van der Waals surface area contributed by atoms with Gasteiger partial charge in [0.2, 0.25) is 0 Å². The van der Waals surface area contributed by atoms with Crippen LogP contribution in [0, 0.1) is 29.1 Å². The predicted octanol–water partition coefficient (Wildman–Crippen LogP) is 14.7. The SMILES string of the molecule is CC1(C)CCC(C)(C)c2cc(N(c3ccc(-c4ccc5c(c4)C4(c6ccccc6S5)C5CC6CC7CC4C75C6)cc3)c3ccccc3-c3ccccc3)ccc21. The normalized spacial score (nSPS) is 29.0. The fourth-order valence-corrected chi connectivity index (χ4v) is 14.9. The molecule has 4 saturated carbocycles. The average molecular weight is 746 g/mol. The van der Waals surface area contributed by atoms with Gasteiger partial charge in [0.05, 0.1) is 5.69 Å². The number of rotatable bonds is 5. The molecule has 0 N–H and O–H groups in total. The molecule has 12 rings (SSSR count). The second-order valence-corrected chi connectivity index (χ2v) is 20.7. The Labute approximate surface area is 337 Å². The third-order valence-corrected chi connectivity index (χ3v) is 17.4. The van der Waals surface area contributed by atoms with Gasteiger partial charge in [-0.3, -0.25) is 0 Å². The van der Waals surface area contributed by atoms with E-state index in [1.165, 1.54) is 98.8 Å². The Bertz CT molecular complexity index is 2560. The molecule has 0 radical (unpaired) electrons. The molecule has 6 unspecified atom stereocenters. The molecule has 5 aliphatic carbocycles. The lowest BCUT2D eigenvalue weighted by molar-refractivity contribution is -0.235. The first-order chi connectivity index (χ1) is 27.2. The largest absolute Gasteiger partial charge is 0.310 e. The van der Waals surface area contributed by atoms with E-state index in [9.17, 15) is 0 Å². The quantitative estimate of drug-likeness (QED) is 0.173. The molecule has 278 valence electrons. The predicted molar refractivity (Wildman–Crippen MR) is 233 cm³/mol. The molecule has 6 aromatic rings. The van der Waals surface area contributed by atoms with Gasteiger partial charge in [-0.15, -0.1) is 0 Å². The van der Waals surface area contributed by atoms with E-state index in [-0.39, 0.29) is 16.2 Å². The van der Waals surface area contributed by atoms with E-state index < -0.39 is 0 Å². The van der Waals surface area contributed by atoms with E-state index in [0.717, 1.165) is 23.7 Å². The van der Waals surface area contributed by atoms with Gasteiger partial charge in [0.15, 0.2) is 0 Å². The zero-order chi connectivity index (χ0) is 37.6. The minimum atomic E-state index is 0.121. The third-order valence-electron chi connectivity index (χ3n) is 16.3. The third kappa shape index (κ3) is 4.35. The Morgan fingerprint density at radius 1 is 0.518 bits per heavy atom. The summed E-state index contributed by atoms with van der Waals surface area (Å²) in [5.74, 6) is 3.56. The highest BCUT2D eigenvalue weighted by atomic mass is 32.2. The molecule has 0 saturated heterocycles. The minimum absolute atomic E-state index is 0.121. The Morgan fingerprint density at radius 2 is 1.20 bits per heavy atom. The van der Waals surface area contributed by atoms with Gasteiger partial charge < -0.3 is 4.90 Å². The summed E-state index contributed by atoms with van der Waals surface area (Å²) in [6.45, 7) is 9.72. The van der Waals surface area contributed by atoms with Crippen LogP contribution >= 0.6 is 11.8 Å². The summed E-state index contributed by atoms with van der Waals surface area (Å²) < 4.78 is 0. The second kappa shape index (κ2) is 11.5. The molecule has 6 aromatic carbocycles. The molecule has 6 atom stereocenters. The van der Waals surface area contributed by atoms with E-state index in [1.54, 1.807) is 11.1 Å². The highest BCUT2D eigenvalue weighted by molar-refractivity contribution is 7.99. The molecule has 1 nitrogen and oxygen atoms in total. The van der Waals surface area contributed by atoms with E-state index >= 15 is 0 Å². The number of hydrogen-bond acceptors (Lipinski definition) is 2. The molecule has 56 heavy (non-hydrogen) atoms. The van der Waals surface area contributed by atoms with Crippen molar-refractivity contribution in [1.29, 1.82) is 0 Å². The molecule has 1 aliphatic heterocycles. The van der Waals surface area contributed by atoms with Crippen LogP contribution in [-0.2, 0) is 16.2 Å². The lowest BCUT2D eigenvalue weighted by Gasteiger charge is -2.78. The van der Waals surface area contributed by atoms with E-state index in [4.69, 9.17) is 0 Å². The molecule has 2 bridgehead atoms. The highest BCUT2D eigenvalue weighted by Gasteiger charge is 2.84. The summed E-state index contributed by atoms with van der Waals surface area (Å²) >= 11 is 2.01. The standard InChI is InChI=1S/C54H51NS/c1-51(2)26-27-52(3,4)44-32-40(23-24-42(44)51)55(46-16-10-8-14-41(46)36-12-6-5-7-13-36)39-21-18-35(19-22-39)37-20-25-48-45(30-37)54(43-15-9-11-17-47(43)56-48)49-29-34-28-38-31-50(54)53(38,49)33-34/h5-25,30,32,34,38,49-50H,26-29,31,33H2,1-4H3. The topological polar surface area (TPSA) is 3.24 Å². The number of nitrogens with zero attached hydrogens (tertiary/aromatic N) is 1. The van der Waals surface area contributed by atoms with Crippen LogP contribution in [0.3, 0.4) is 0 Å². The van der Waals surface area contributed by atoms with Crippen molar-refractivity contribution in [2.24, 2.45) is 29.1 Å². The summed E-state index contributed by atoms with van der Waals surface area (Å²) in [4.78, 5) is 5.51. The maximum absolute atomic E-state index is 2.63. The first-order valence-corrected chi connectivity index (χ1v) is 22.1. The van der Waals surface area contributed by atoms with Gasteiger partial charge in [-0.25, -0.2) is 0 Å². The summed E-state index contributed by atoms with van der Waals surface area (Å²) in [6, 6.07) is 53.6. The number of para-hydroxylation sites is 1. The van der Waals surface area contributed by atoms with Gasteiger partial charge >= 0.3 is 0 Å². The van der Waals surface area contributed by atoms with Crippen molar-refractivity contribution in [3.05, 3.63) is 162 Å². The van der Waals surface area contributed by atoms with Crippen molar-refractivity contribution < 1.29 is 0 Å². The molecule has 4 fully saturated rings. The fraction of sp³-hybridized carbons (Fsp3) is 0.333. The second-order valence-electron chi connectivity index (χ2n) is 19.6. The van der Waals surface area contributed by atoms with Gasteiger partial charge in [0.25, 0.3) is 0 Å². The summed E-state index contributed by atoms with van der Waals surface area (Å²) in [6.07, 6.45) is 8.29. The van der Waals surface area contributed by atoms with Crippen molar-refractivity contribution in [1.82, 2.24) is 0 Å². The smallest absolute Gasteiger partial charge is 0.0540 e. The van der Waals surface area contributed by atoms with E-state index in [0.29, 0.717) is 5.41 Å².